The zero-order chi connectivity index (χ0) is 26.9. The summed E-state index contributed by atoms with van der Waals surface area (Å²) in [6.07, 6.45) is 0.649. The lowest BCUT2D eigenvalue weighted by Gasteiger charge is -2.28. The van der Waals surface area contributed by atoms with Gasteiger partial charge in [0.2, 0.25) is 10.0 Å². The second-order valence-electron chi connectivity index (χ2n) is 8.65. The van der Waals surface area contributed by atoms with Crippen LogP contribution in [0.1, 0.15) is 21.5 Å². The van der Waals surface area contributed by atoms with Crippen molar-refractivity contribution in [1.82, 2.24) is 8.87 Å². The van der Waals surface area contributed by atoms with Gasteiger partial charge in [-0.05, 0) is 53.9 Å². The number of amides is 1. The molecule has 0 radical (unpaired) electrons. The smallest absolute Gasteiger partial charge is 0.325 e. The number of sulfonamides is 1. The molecule has 1 aliphatic rings. The third-order valence-corrected chi connectivity index (χ3v) is 9.33. The Morgan fingerprint density at radius 3 is 2.42 bits per heavy atom. The van der Waals surface area contributed by atoms with E-state index in [1.165, 1.54) is 54.1 Å². The van der Waals surface area contributed by atoms with Crippen LogP contribution in [0.15, 0.2) is 76.6 Å². The molecule has 0 saturated carbocycles. The minimum absolute atomic E-state index is 0.112. The maximum absolute atomic E-state index is 13.3. The summed E-state index contributed by atoms with van der Waals surface area (Å²) in [5.74, 6) is -0.532. The molecular formula is C27H25N3O6S2. The number of carbonyl (C=O) groups is 2. The molecule has 0 spiro atoms. The van der Waals surface area contributed by atoms with Crippen molar-refractivity contribution >= 4 is 43.5 Å². The van der Waals surface area contributed by atoms with Crippen LogP contribution in [-0.2, 0) is 39.1 Å². The van der Waals surface area contributed by atoms with Gasteiger partial charge in [0.05, 0.1) is 23.8 Å². The van der Waals surface area contributed by atoms with E-state index in [0.29, 0.717) is 35.6 Å². The Hall–Kier alpha value is -3.80. The molecular weight excluding hydrogens is 526 g/mol. The van der Waals surface area contributed by atoms with E-state index in [4.69, 9.17) is 9.47 Å². The molecule has 196 valence electrons. The number of benzene rings is 3. The Kier molecular flexibility index (Phi) is 7.15. The van der Waals surface area contributed by atoms with Crippen molar-refractivity contribution in [3.63, 3.8) is 0 Å². The van der Waals surface area contributed by atoms with Crippen molar-refractivity contribution in [3.8, 4) is 5.75 Å². The molecule has 0 N–H and O–H groups in total. The average molecular weight is 552 g/mol. The van der Waals surface area contributed by atoms with Gasteiger partial charge in [-0.1, -0.05) is 41.7 Å². The van der Waals surface area contributed by atoms with Gasteiger partial charge in [0.25, 0.3) is 5.91 Å². The van der Waals surface area contributed by atoms with Crippen molar-refractivity contribution in [2.24, 2.45) is 4.99 Å². The van der Waals surface area contributed by atoms with Crippen molar-refractivity contribution in [3.05, 3.63) is 88.2 Å². The predicted octanol–water partition coefficient (Wildman–Crippen LogP) is 3.37. The number of fused-ring (bicyclic) bond motifs is 2. The SMILES string of the molecule is COC(=O)Cn1c(=NC(=O)c2ccc(S(=O)(=O)N3CCc4ccccc4C3)cc2)sc2cccc(OC)c21. The number of esters is 1. The fourth-order valence-electron chi connectivity index (χ4n) is 4.43. The normalized spacial score (nSPS) is 14.3. The third kappa shape index (κ3) is 4.87. The summed E-state index contributed by atoms with van der Waals surface area (Å²) in [4.78, 5) is 29.8. The van der Waals surface area contributed by atoms with Gasteiger partial charge < -0.3 is 14.0 Å². The Bertz CT molecular complexity index is 1700. The maximum Gasteiger partial charge on any atom is 0.325 e. The fraction of sp³-hybridized carbons (Fsp3) is 0.222. The van der Waals surface area contributed by atoms with E-state index in [1.54, 1.807) is 10.6 Å². The lowest BCUT2D eigenvalue weighted by Crippen LogP contribution is -2.35. The molecule has 3 aromatic carbocycles. The Morgan fingerprint density at radius 2 is 1.71 bits per heavy atom. The highest BCUT2D eigenvalue weighted by molar-refractivity contribution is 7.89. The van der Waals surface area contributed by atoms with Crippen LogP contribution in [0.3, 0.4) is 0 Å². The standard InChI is InChI=1S/C27H25N3O6S2/c1-35-22-8-5-9-23-25(22)30(17-24(31)36-2)27(37-23)28-26(32)19-10-12-21(13-11-19)38(33,34)29-15-14-18-6-3-4-7-20(18)16-29/h3-13H,14-17H2,1-2H3. The molecule has 1 amide bonds. The molecule has 1 aromatic heterocycles. The predicted molar refractivity (Wildman–Crippen MR) is 142 cm³/mol. The highest BCUT2D eigenvalue weighted by atomic mass is 32.2. The Labute approximate surface area is 223 Å². The van der Waals surface area contributed by atoms with Crippen LogP contribution in [0.25, 0.3) is 10.2 Å². The highest BCUT2D eigenvalue weighted by Gasteiger charge is 2.28. The van der Waals surface area contributed by atoms with E-state index in [1.807, 2.05) is 36.4 Å². The minimum Gasteiger partial charge on any atom is -0.495 e. The Morgan fingerprint density at radius 1 is 0.974 bits per heavy atom. The topological polar surface area (TPSA) is 107 Å². The van der Waals surface area contributed by atoms with Crippen LogP contribution < -0.4 is 9.54 Å². The van der Waals surface area contributed by atoms with Crippen molar-refractivity contribution in [2.45, 2.75) is 24.4 Å². The number of rotatable bonds is 6. The molecule has 0 atom stereocenters. The maximum atomic E-state index is 13.3. The molecule has 0 saturated heterocycles. The van der Waals surface area contributed by atoms with Crippen LogP contribution in [0.4, 0.5) is 0 Å². The van der Waals surface area contributed by atoms with E-state index in [9.17, 15) is 18.0 Å². The first-order valence-electron chi connectivity index (χ1n) is 11.8. The van der Waals surface area contributed by atoms with E-state index < -0.39 is 21.9 Å². The molecule has 5 rings (SSSR count). The summed E-state index contributed by atoms with van der Waals surface area (Å²) in [7, 11) is -0.921. The third-order valence-electron chi connectivity index (χ3n) is 6.43. The van der Waals surface area contributed by atoms with Crippen molar-refractivity contribution in [2.75, 3.05) is 20.8 Å². The summed E-state index contributed by atoms with van der Waals surface area (Å²) in [5, 5.41) is 0. The number of hydrogen-bond donors (Lipinski definition) is 0. The quantitative estimate of drug-likeness (QED) is 0.340. The first-order valence-corrected chi connectivity index (χ1v) is 14.1. The number of aromatic nitrogens is 1. The lowest BCUT2D eigenvalue weighted by molar-refractivity contribution is -0.141. The number of ether oxygens (including phenoxy) is 2. The van der Waals surface area contributed by atoms with Gasteiger partial charge in [0, 0.05) is 18.7 Å². The van der Waals surface area contributed by atoms with E-state index >= 15 is 0 Å². The van der Waals surface area contributed by atoms with E-state index in [2.05, 4.69) is 4.99 Å². The number of methoxy groups -OCH3 is 2. The molecule has 38 heavy (non-hydrogen) atoms. The van der Waals surface area contributed by atoms with Gasteiger partial charge in [0.1, 0.15) is 17.8 Å². The number of nitrogens with zero attached hydrogens (tertiary/aromatic N) is 3. The number of para-hydroxylation sites is 1. The van der Waals surface area contributed by atoms with E-state index in [0.717, 1.165) is 15.8 Å². The van der Waals surface area contributed by atoms with Crippen LogP contribution in [-0.4, -0.2) is 49.9 Å². The molecule has 1 aliphatic heterocycles. The number of thiazole rings is 1. The van der Waals surface area contributed by atoms with Crippen LogP contribution in [0.2, 0.25) is 0 Å². The van der Waals surface area contributed by atoms with Gasteiger partial charge in [-0.15, -0.1) is 0 Å². The second-order valence-corrected chi connectivity index (χ2v) is 11.6. The molecule has 0 aliphatic carbocycles. The zero-order valence-electron chi connectivity index (χ0n) is 20.8. The number of hydrogen-bond acceptors (Lipinski definition) is 7. The minimum atomic E-state index is -3.73. The number of carbonyl (C=O) groups excluding carboxylic acids is 2. The van der Waals surface area contributed by atoms with Gasteiger partial charge in [0.15, 0.2) is 4.80 Å². The molecule has 2 heterocycles. The average Bonchev–Trinajstić information content (AvgIpc) is 3.29. The summed E-state index contributed by atoms with van der Waals surface area (Å²) in [5.41, 5.74) is 3.00. The fourth-order valence-corrected chi connectivity index (χ4v) is 6.90. The van der Waals surface area contributed by atoms with Crippen molar-refractivity contribution in [1.29, 1.82) is 0 Å². The summed E-state index contributed by atoms with van der Waals surface area (Å²) >= 11 is 1.23. The molecule has 0 unspecified atom stereocenters. The molecule has 11 heteroatoms. The summed E-state index contributed by atoms with van der Waals surface area (Å²) < 4.78 is 40.6. The first-order chi connectivity index (χ1) is 18.3. The molecule has 0 bridgehead atoms. The first kappa shape index (κ1) is 25.8. The van der Waals surface area contributed by atoms with Gasteiger partial charge >= 0.3 is 5.97 Å². The van der Waals surface area contributed by atoms with Crippen LogP contribution >= 0.6 is 11.3 Å². The zero-order valence-corrected chi connectivity index (χ0v) is 22.4. The lowest BCUT2D eigenvalue weighted by atomic mass is 10.0. The van der Waals surface area contributed by atoms with Gasteiger partial charge in [-0.25, -0.2) is 8.42 Å². The molecule has 4 aromatic rings. The Balaban J connectivity index is 1.45. The molecule has 0 fully saturated rings. The van der Waals surface area contributed by atoms with Gasteiger partial charge in [-0.3, -0.25) is 9.59 Å². The van der Waals surface area contributed by atoms with Crippen LogP contribution in [0.5, 0.6) is 5.75 Å². The van der Waals surface area contributed by atoms with Gasteiger partial charge in [-0.2, -0.15) is 9.30 Å². The second kappa shape index (κ2) is 10.5. The summed E-state index contributed by atoms with van der Waals surface area (Å²) in [6.45, 7) is 0.550. The molecule has 9 nitrogen and oxygen atoms in total. The monoisotopic (exact) mass is 551 g/mol. The van der Waals surface area contributed by atoms with Crippen LogP contribution in [0, 0.1) is 0 Å². The largest absolute Gasteiger partial charge is 0.495 e. The highest BCUT2D eigenvalue weighted by Crippen LogP contribution is 2.28. The van der Waals surface area contributed by atoms with Crippen molar-refractivity contribution < 1.29 is 27.5 Å². The van der Waals surface area contributed by atoms with E-state index in [-0.39, 0.29) is 17.0 Å². The summed E-state index contributed by atoms with van der Waals surface area (Å²) in [6, 6.07) is 19.0.